The Morgan fingerprint density at radius 3 is 2.80 bits per heavy atom. The number of aromatic nitrogens is 2. The van der Waals surface area contributed by atoms with Crippen LogP contribution in [0.3, 0.4) is 0 Å². The second-order valence-electron chi connectivity index (χ2n) is 5.40. The summed E-state index contributed by atoms with van der Waals surface area (Å²) in [6.07, 6.45) is 2.49. The summed E-state index contributed by atoms with van der Waals surface area (Å²) in [6.45, 7) is 2.04. The molecule has 25 heavy (non-hydrogen) atoms. The minimum absolute atomic E-state index is 0.00373. The number of hydrogen-bond acceptors (Lipinski definition) is 6. The van der Waals surface area contributed by atoms with Crippen LogP contribution in [0.5, 0.6) is 5.75 Å². The summed E-state index contributed by atoms with van der Waals surface area (Å²) in [5.41, 5.74) is 2.53. The number of nitrogens with zero attached hydrogens (tertiary/aromatic N) is 4. The van der Waals surface area contributed by atoms with E-state index in [1.165, 1.54) is 13.2 Å². The molecule has 0 saturated carbocycles. The maximum atomic E-state index is 11.7. The Labute approximate surface area is 144 Å². The Morgan fingerprint density at radius 1 is 1.24 bits per heavy atom. The van der Waals surface area contributed by atoms with E-state index in [1.807, 2.05) is 31.2 Å². The van der Waals surface area contributed by atoms with E-state index < -0.39 is 5.97 Å². The number of azo groups is 1. The third-order valence-corrected chi connectivity index (χ3v) is 3.84. The van der Waals surface area contributed by atoms with Gasteiger partial charge in [0.15, 0.2) is 17.2 Å². The number of hydrogen-bond donors (Lipinski definition) is 1. The van der Waals surface area contributed by atoms with E-state index in [9.17, 15) is 9.90 Å². The number of rotatable bonds is 5. The van der Waals surface area contributed by atoms with Crippen molar-refractivity contribution in [3.05, 3.63) is 53.9 Å². The van der Waals surface area contributed by atoms with Gasteiger partial charge in [-0.1, -0.05) is 25.1 Å². The molecule has 7 nitrogen and oxygen atoms in total. The molecule has 3 rings (SSSR count). The molecule has 3 aromatic rings. The molecule has 0 aliphatic heterocycles. The van der Waals surface area contributed by atoms with Gasteiger partial charge in [0.1, 0.15) is 0 Å². The van der Waals surface area contributed by atoms with Crippen molar-refractivity contribution in [1.82, 2.24) is 9.38 Å². The van der Waals surface area contributed by atoms with Gasteiger partial charge in [-0.15, -0.1) is 10.2 Å². The van der Waals surface area contributed by atoms with E-state index in [1.54, 1.807) is 16.7 Å². The highest BCUT2D eigenvalue weighted by Gasteiger charge is 2.17. The number of fused-ring (bicyclic) bond motifs is 1. The van der Waals surface area contributed by atoms with Gasteiger partial charge < -0.3 is 9.84 Å². The zero-order valence-corrected chi connectivity index (χ0v) is 14.0. The van der Waals surface area contributed by atoms with Gasteiger partial charge >= 0.3 is 5.97 Å². The van der Waals surface area contributed by atoms with Crippen molar-refractivity contribution >= 4 is 23.1 Å². The second-order valence-corrected chi connectivity index (χ2v) is 5.40. The van der Waals surface area contributed by atoms with E-state index in [-0.39, 0.29) is 12.2 Å². The van der Waals surface area contributed by atoms with Gasteiger partial charge in [0, 0.05) is 6.20 Å². The second kappa shape index (κ2) is 7.12. The average molecular weight is 338 g/mol. The summed E-state index contributed by atoms with van der Waals surface area (Å²) in [6, 6.07) is 10.9. The van der Waals surface area contributed by atoms with Crippen LogP contribution >= 0.6 is 0 Å². The molecule has 0 aliphatic carbocycles. The first kappa shape index (κ1) is 16.6. The van der Waals surface area contributed by atoms with Crippen LogP contribution in [0.4, 0.5) is 11.5 Å². The van der Waals surface area contributed by atoms with Gasteiger partial charge in [-0.2, -0.15) is 0 Å². The number of esters is 1. The fourth-order valence-electron chi connectivity index (χ4n) is 2.53. The molecule has 0 spiro atoms. The van der Waals surface area contributed by atoms with Crippen LogP contribution in [-0.4, -0.2) is 27.6 Å². The fourth-order valence-corrected chi connectivity index (χ4v) is 2.53. The van der Waals surface area contributed by atoms with Crippen LogP contribution in [0.2, 0.25) is 0 Å². The lowest BCUT2D eigenvalue weighted by molar-refractivity contribution is -0.139. The average Bonchev–Trinajstić information content (AvgIpc) is 2.98. The number of benzene rings is 1. The summed E-state index contributed by atoms with van der Waals surface area (Å²) in [7, 11) is 1.31. The minimum Gasteiger partial charge on any atom is -0.504 e. The highest BCUT2D eigenvalue weighted by Crippen LogP contribution is 2.29. The van der Waals surface area contributed by atoms with Crippen LogP contribution in [0.25, 0.3) is 5.65 Å². The van der Waals surface area contributed by atoms with Crippen molar-refractivity contribution in [1.29, 1.82) is 0 Å². The lowest BCUT2D eigenvalue weighted by Crippen LogP contribution is -2.04. The smallest absolute Gasteiger partial charge is 0.311 e. The van der Waals surface area contributed by atoms with Crippen molar-refractivity contribution in [3.63, 3.8) is 0 Å². The Bertz CT molecular complexity index is 947. The standard InChI is InChI=1S/C18H18N4O3/c1-3-12-7-4-5-8-13(12)20-21-17-14(11-16(24)25-2)19-18-15(23)9-6-10-22(17)18/h4-10,23H,3,11H2,1-2H3. The van der Waals surface area contributed by atoms with Crippen molar-refractivity contribution in [2.24, 2.45) is 10.2 Å². The number of aryl methyl sites for hydroxylation is 1. The number of ether oxygens (including phenoxy) is 1. The summed E-state index contributed by atoms with van der Waals surface area (Å²) in [4.78, 5) is 16.0. The maximum absolute atomic E-state index is 11.7. The Kier molecular flexibility index (Phi) is 4.74. The van der Waals surface area contributed by atoms with Gasteiger partial charge in [0.05, 0.1) is 24.9 Å². The van der Waals surface area contributed by atoms with Gasteiger partial charge in [-0.05, 0) is 30.2 Å². The quantitative estimate of drug-likeness (QED) is 0.567. The van der Waals surface area contributed by atoms with Crippen LogP contribution in [-0.2, 0) is 22.4 Å². The van der Waals surface area contributed by atoms with Gasteiger partial charge in [0.2, 0.25) is 0 Å². The molecule has 1 N–H and O–H groups in total. The third-order valence-electron chi connectivity index (χ3n) is 3.84. The zero-order valence-electron chi connectivity index (χ0n) is 14.0. The maximum Gasteiger partial charge on any atom is 0.311 e. The first-order chi connectivity index (χ1) is 12.1. The molecule has 0 bridgehead atoms. The number of imidazole rings is 1. The number of carbonyl (C=O) groups is 1. The van der Waals surface area contributed by atoms with Crippen molar-refractivity contribution in [2.75, 3.05) is 7.11 Å². The summed E-state index contributed by atoms with van der Waals surface area (Å²) >= 11 is 0. The van der Waals surface area contributed by atoms with Crippen molar-refractivity contribution in [2.45, 2.75) is 19.8 Å². The molecule has 0 atom stereocenters. The molecule has 0 saturated heterocycles. The lowest BCUT2D eigenvalue weighted by atomic mass is 10.1. The zero-order chi connectivity index (χ0) is 17.8. The fraction of sp³-hybridized carbons (Fsp3) is 0.222. The molecule has 0 amide bonds. The first-order valence-electron chi connectivity index (χ1n) is 7.89. The Morgan fingerprint density at radius 2 is 2.04 bits per heavy atom. The summed E-state index contributed by atoms with van der Waals surface area (Å²) < 4.78 is 6.31. The largest absolute Gasteiger partial charge is 0.504 e. The Balaban J connectivity index is 2.10. The van der Waals surface area contributed by atoms with Crippen LogP contribution in [0.1, 0.15) is 18.2 Å². The molecule has 0 radical (unpaired) electrons. The highest BCUT2D eigenvalue weighted by atomic mass is 16.5. The lowest BCUT2D eigenvalue weighted by Gasteiger charge is -2.02. The van der Waals surface area contributed by atoms with Crippen LogP contribution < -0.4 is 0 Å². The van der Waals surface area contributed by atoms with E-state index in [0.29, 0.717) is 17.2 Å². The predicted molar refractivity (Wildman–Crippen MR) is 92.6 cm³/mol. The van der Waals surface area contributed by atoms with Crippen molar-refractivity contribution in [3.8, 4) is 5.75 Å². The summed E-state index contributed by atoms with van der Waals surface area (Å²) in [5, 5.41) is 18.6. The molecule has 7 heteroatoms. The molecule has 0 fully saturated rings. The normalized spacial score (nSPS) is 11.3. The molecule has 2 aromatic heterocycles. The van der Waals surface area contributed by atoms with E-state index in [2.05, 4.69) is 15.2 Å². The number of pyridine rings is 1. The third kappa shape index (κ3) is 3.35. The van der Waals surface area contributed by atoms with Crippen molar-refractivity contribution < 1.29 is 14.6 Å². The van der Waals surface area contributed by atoms with Gasteiger partial charge in [-0.25, -0.2) is 4.98 Å². The van der Waals surface area contributed by atoms with E-state index >= 15 is 0 Å². The molecule has 1 aromatic carbocycles. The first-order valence-corrected chi connectivity index (χ1v) is 7.89. The molecular formula is C18H18N4O3. The van der Waals surface area contributed by atoms with E-state index in [4.69, 9.17) is 4.74 Å². The summed E-state index contributed by atoms with van der Waals surface area (Å²) in [5.74, 6) is -0.0421. The van der Waals surface area contributed by atoms with E-state index in [0.717, 1.165) is 17.7 Å². The highest BCUT2D eigenvalue weighted by molar-refractivity contribution is 5.75. The SMILES string of the molecule is CCc1ccccc1N=Nc1c(CC(=O)OC)nc2c(O)cccn12. The van der Waals surface area contributed by atoms with Gasteiger partial charge in [0.25, 0.3) is 0 Å². The molecular weight excluding hydrogens is 320 g/mol. The Hall–Kier alpha value is -3.22. The van der Waals surface area contributed by atoms with Crippen LogP contribution in [0.15, 0.2) is 52.8 Å². The predicted octanol–water partition coefficient (Wildman–Crippen LogP) is 3.73. The molecule has 128 valence electrons. The topological polar surface area (TPSA) is 88.5 Å². The molecule has 2 heterocycles. The number of methoxy groups -OCH3 is 1. The van der Waals surface area contributed by atoms with Gasteiger partial charge in [-0.3, -0.25) is 9.20 Å². The van der Waals surface area contributed by atoms with Crippen LogP contribution in [0, 0.1) is 0 Å². The molecule has 0 aliphatic rings. The number of carbonyl (C=O) groups excluding carboxylic acids is 1. The monoisotopic (exact) mass is 338 g/mol. The minimum atomic E-state index is -0.437. The molecule has 0 unspecified atom stereocenters. The number of aromatic hydroxyl groups is 1.